The van der Waals surface area contributed by atoms with E-state index in [-0.39, 0.29) is 6.03 Å². The molecule has 76 valence electrons. The molecule has 2 aromatic rings. The van der Waals surface area contributed by atoms with Crippen molar-refractivity contribution in [2.45, 2.75) is 0 Å². The molecule has 0 unspecified atom stereocenters. The van der Waals surface area contributed by atoms with E-state index in [0.29, 0.717) is 10.7 Å². The average Bonchev–Trinajstić information content (AvgIpc) is 2.71. The lowest BCUT2D eigenvalue weighted by atomic mass is 10.4. The third-order valence-corrected chi connectivity index (χ3v) is 2.12. The third-order valence-electron chi connectivity index (χ3n) is 1.54. The molecule has 15 heavy (non-hydrogen) atoms. The fourth-order valence-corrected chi connectivity index (χ4v) is 1.35. The van der Waals surface area contributed by atoms with Gasteiger partial charge < -0.3 is 5.32 Å². The summed E-state index contributed by atoms with van der Waals surface area (Å²) in [6.07, 6.45) is 4.69. The highest BCUT2D eigenvalue weighted by Crippen LogP contribution is 2.10. The second-order valence-corrected chi connectivity index (χ2v) is 3.38. The average molecular weight is 221 g/mol. The molecule has 0 aliphatic heterocycles. The molecule has 2 N–H and O–H groups in total. The summed E-state index contributed by atoms with van der Waals surface area (Å²) in [6, 6.07) is 3.07. The van der Waals surface area contributed by atoms with Gasteiger partial charge in [-0.2, -0.15) is 0 Å². The van der Waals surface area contributed by atoms with Gasteiger partial charge in [0.15, 0.2) is 0 Å². The van der Waals surface area contributed by atoms with Gasteiger partial charge in [0.2, 0.25) is 0 Å². The lowest BCUT2D eigenvalue weighted by Gasteiger charge is -2.03. The van der Waals surface area contributed by atoms with Crippen molar-refractivity contribution in [3.63, 3.8) is 0 Å². The van der Waals surface area contributed by atoms with Crippen molar-refractivity contribution >= 4 is 28.3 Å². The molecule has 0 aromatic carbocycles. The van der Waals surface area contributed by atoms with Crippen molar-refractivity contribution in [1.82, 2.24) is 14.6 Å². The van der Waals surface area contributed by atoms with E-state index >= 15 is 0 Å². The molecule has 2 heterocycles. The maximum atomic E-state index is 11.4. The van der Waals surface area contributed by atoms with Crippen LogP contribution < -0.4 is 10.6 Å². The molecule has 0 aliphatic carbocycles. The van der Waals surface area contributed by atoms with Gasteiger partial charge in [-0.15, -0.1) is 5.10 Å². The minimum Gasteiger partial charge on any atom is -0.308 e. The van der Waals surface area contributed by atoms with Gasteiger partial charge >= 0.3 is 6.03 Å². The third kappa shape index (κ3) is 2.71. The van der Waals surface area contributed by atoms with Crippen LogP contribution >= 0.6 is 11.5 Å². The number of carbonyl (C=O) groups is 1. The van der Waals surface area contributed by atoms with Crippen LogP contribution in [0, 0.1) is 0 Å². The fraction of sp³-hybridized carbons (Fsp3) is 0. The van der Waals surface area contributed by atoms with Crippen LogP contribution in [0.25, 0.3) is 0 Å². The number of hydrogen-bond acceptors (Lipinski definition) is 5. The molecule has 6 nitrogen and oxygen atoms in total. The quantitative estimate of drug-likeness (QED) is 0.806. The van der Waals surface area contributed by atoms with Crippen molar-refractivity contribution in [3.05, 3.63) is 30.7 Å². The first-order chi connectivity index (χ1) is 7.34. The van der Waals surface area contributed by atoms with Gasteiger partial charge in [0, 0.05) is 29.6 Å². The minimum absolute atomic E-state index is 0.327. The second-order valence-electron chi connectivity index (χ2n) is 2.60. The number of nitrogens with one attached hydrogen (secondary N) is 2. The van der Waals surface area contributed by atoms with Crippen LogP contribution in [0.2, 0.25) is 0 Å². The minimum atomic E-state index is -0.327. The van der Waals surface area contributed by atoms with Crippen LogP contribution in [0.4, 0.5) is 15.5 Å². The predicted octanol–water partition coefficient (Wildman–Crippen LogP) is 1.58. The lowest BCUT2D eigenvalue weighted by molar-refractivity contribution is 0.262. The maximum absolute atomic E-state index is 11.4. The highest BCUT2D eigenvalue weighted by molar-refractivity contribution is 7.10. The number of nitrogens with zero attached hydrogens (tertiary/aromatic N) is 3. The highest BCUT2D eigenvalue weighted by Gasteiger charge is 2.03. The van der Waals surface area contributed by atoms with E-state index < -0.39 is 0 Å². The number of urea groups is 1. The van der Waals surface area contributed by atoms with Gasteiger partial charge in [-0.3, -0.25) is 10.3 Å². The van der Waals surface area contributed by atoms with Crippen LogP contribution in [-0.2, 0) is 0 Å². The lowest BCUT2D eigenvalue weighted by Crippen LogP contribution is -2.18. The number of anilines is 2. The topological polar surface area (TPSA) is 79.8 Å². The first kappa shape index (κ1) is 9.53. The summed E-state index contributed by atoms with van der Waals surface area (Å²) in [5, 5.41) is 9.43. The van der Waals surface area contributed by atoms with E-state index in [2.05, 4.69) is 25.2 Å². The van der Waals surface area contributed by atoms with E-state index in [0.717, 1.165) is 11.5 Å². The van der Waals surface area contributed by atoms with Gasteiger partial charge in [0.05, 0.1) is 6.20 Å². The molecule has 0 bridgehead atoms. The van der Waals surface area contributed by atoms with Crippen molar-refractivity contribution < 1.29 is 4.79 Å². The van der Waals surface area contributed by atoms with Crippen LogP contribution in [0.1, 0.15) is 0 Å². The molecule has 0 saturated carbocycles. The summed E-state index contributed by atoms with van der Waals surface area (Å²) < 4.78 is 3.62. The standard InChI is InChI=1S/C8H7N5OS/c14-8(12-7-5-10-13-15-7)11-6-1-3-9-4-2-6/h1-5H,(H2,9,11,12,14). The Kier molecular flexibility index (Phi) is 2.84. The molecule has 0 atom stereocenters. The Hall–Kier alpha value is -2.02. The molecule has 2 aromatic heterocycles. The number of rotatable bonds is 2. The van der Waals surface area contributed by atoms with Crippen LogP contribution in [-0.4, -0.2) is 20.6 Å². The first-order valence-corrected chi connectivity index (χ1v) is 4.87. The zero-order valence-corrected chi connectivity index (χ0v) is 8.36. The van der Waals surface area contributed by atoms with E-state index in [9.17, 15) is 4.79 Å². The normalized spacial score (nSPS) is 9.60. The molecule has 0 saturated heterocycles. The molecule has 2 amide bonds. The molecule has 2 rings (SSSR count). The number of carbonyl (C=O) groups excluding carboxylic acids is 1. The van der Waals surface area contributed by atoms with Gasteiger partial charge in [0.1, 0.15) is 5.00 Å². The number of pyridine rings is 1. The number of hydrogen-bond donors (Lipinski definition) is 2. The summed E-state index contributed by atoms with van der Waals surface area (Å²) in [5.74, 6) is 0. The molecule has 7 heteroatoms. The summed E-state index contributed by atoms with van der Waals surface area (Å²) in [7, 11) is 0. The van der Waals surface area contributed by atoms with Gasteiger partial charge in [0.25, 0.3) is 0 Å². The van der Waals surface area contributed by atoms with Crippen LogP contribution in [0.15, 0.2) is 30.7 Å². The Labute approximate surface area is 89.5 Å². The Morgan fingerprint density at radius 1 is 1.27 bits per heavy atom. The van der Waals surface area contributed by atoms with E-state index in [4.69, 9.17) is 0 Å². The van der Waals surface area contributed by atoms with Crippen molar-refractivity contribution in [3.8, 4) is 0 Å². The second kappa shape index (κ2) is 4.47. The van der Waals surface area contributed by atoms with E-state index in [1.165, 1.54) is 6.20 Å². The molecule has 0 radical (unpaired) electrons. The number of amides is 2. The van der Waals surface area contributed by atoms with Gasteiger partial charge in [-0.05, 0) is 12.1 Å². The van der Waals surface area contributed by atoms with E-state index in [1.807, 2.05) is 0 Å². The molecule has 0 fully saturated rings. The predicted molar refractivity (Wildman–Crippen MR) is 56.8 cm³/mol. The summed E-state index contributed by atoms with van der Waals surface area (Å²) in [6.45, 7) is 0. The molecule has 0 spiro atoms. The monoisotopic (exact) mass is 221 g/mol. The first-order valence-electron chi connectivity index (χ1n) is 4.10. The van der Waals surface area contributed by atoms with Crippen molar-refractivity contribution in [2.75, 3.05) is 10.6 Å². The summed E-state index contributed by atoms with van der Waals surface area (Å²) >= 11 is 1.12. The Morgan fingerprint density at radius 3 is 2.73 bits per heavy atom. The van der Waals surface area contributed by atoms with Crippen molar-refractivity contribution in [1.29, 1.82) is 0 Å². The fourth-order valence-electron chi connectivity index (χ4n) is 0.932. The smallest absolute Gasteiger partial charge is 0.308 e. The SMILES string of the molecule is O=C(Nc1ccncc1)Nc1cnns1. The van der Waals surface area contributed by atoms with Crippen LogP contribution in [0.3, 0.4) is 0 Å². The van der Waals surface area contributed by atoms with Crippen molar-refractivity contribution in [2.24, 2.45) is 0 Å². The zero-order valence-electron chi connectivity index (χ0n) is 7.54. The Bertz CT molecular complexity index is 430. The molecule has 0 aliphatic rings. The Morgan fingerprint density at radius 2 is 2.07 bits per heavy atom. The van der Waals surface area contributed by atoms with Crippen LogP contribution in [0.5, 0.6) is 0 Å². The Balaban J connectivity index is 1.94. The maximum Gasteiger partial charge on any atom is 0.324 e. The largest absolute Gasteiger partial charge is 0.324 e. The van der Waals surface area contributed by atoms with Gasteiger partial charge in [-0.1, -0.05) is 4.49 Å². The summed E-state index contributed by atoms with van der Waals surface area (Å²) in [4.78, 5) is 15.2. The molecular weight excluding hydrogens is 214 g/mol. The summed E-state index contributed by atoms with van der Waals surface area (Å²) in [5.41, 5.74) is 0.681. The molecular formula is C8H7N5OS. The highest BCUT2D eigenvalue weighted by atomic mass is 32.1. The van der Waals surface area contributed by atoms with Gasteiger partial charge in [-0.25, -0.2) is 4.79 Å². The zero-order chi connectivity index (χ0) is 10.5. The number of aromatic nitrogens is 3. The van der Waals surface area contributed by atoms with E-state index in [1.54, 1.807) is 24.5 Å².